The zero-order valence-electron chi connectivity index (χ0n) is 9.05. The van der Waals surface area contributed by atoms with Crippen molar-refractivity contribution in [1.29, 1.82) is 0 Å². The molecule has 0 fully saturated rings. The summed E-state index contributed by atoms with van der Waals surface area (Å²) in [7, 11) is -4.33. The van der Waals surface area contributed by atoms with E-state index in [0.717, 1.165) is 24.5 Å². The molecule has 0 aliphatic rings. The Hall–Kier alpha value is -2.10. The van der Waals surface area contributed by atoms with Crippen molar-refractivity contribution in [1.82, 2.24) is 15.2 Å². The predicted octanol–water partition coefficient (Wildman–Crippen LogP) is 1.59. The Labute approximate surface area is 105 Å². The molecule has 102 valence electrons. The summed E-state index contributed by atoms with van der Waals surface area (Å²) >= 11 is 0. The van der Waals surface area contributed by atoms with Crippen molar-refractivity contribution in [2.45, 2.75) is 11.3 Å². The number of alkyl halides is 3. The van der Waals surface area contributed by atoms with E-state index in [1.54, 1.807) is 0 Å². The fourth-order valence-electron chi connectivity index (χ4n) is 1.21. The molecular weight excluding hydrogens is 287 g/mol. The van der Waals surface area contributed by atoms with Crippen molar-refractivity contribution in [3.05, 3.63) is 36.2 Å². The molecule has 0 bridgehead atoms. The van der Waals surface area contributed by atoms with Crippen LogP contribution in [0.1, 0.15) is 5.56 Å². The average Bonchev–Trinajstić information content (AvgIpc) is 2.81. The maximum atomic E-state index is 12.4. The van der Waals surface area contributed by atoms with E-state index < -0.39 is 32.8 Å². The van der Waals surface area contributed by atoms with E-state index in [9.17, 15) is 21.6 Å². The molecule has 0 unspecified atom stereocenters. The summed E-state index contributed by atoms with van der Waals surface area (Å²) in [6.07, 6.45) is -3.66. The molecule has 1 N–H and O–H groups in total. The first-order chi connectivity index (χ1) is 8.79. The average molecular weight is 293 g/mol. The van der Waals surface area contributed by atoms with Gasteiger partial charge in [-0.05, 0) is 18.2 Å². The van der Waals surface area contributed by atoms with Gasteiger partial charge in [-0.2, -0.15) is 26.7 Å². The van der Waals surface area contributed by atoms with Gasteiger partial charge in [-0.3, -0.25) is 0 Å². The fraction of sp³-hybridized carbons (Fsp3) is 0.111. The molecule has 0 aliphatic carbocycles. The minimum absolute atomic E-state index is 0.466. The lowest BCUT2D eigenvalue weighted by Gasteiger charge is -2.09. The van der Waals surface area contributed by atoms with Gasteiger partial charge in [0.2, 0.25) is 0 Å². The first-order valence-corrected chi connectivity index (χ1v) is 6.17. The highest BCUT2D eigenvalue weighted by Crippen LogP contribution is 2.31. The number of rotatable bonds is 3. The van der Waals surface area contributed by atoms with Gasteiger partial charge in [0.25, 0.3) is 5.16 Å². The summed E-state index contributed by atoms with van der Waals surface area (Å²) in [5.74, 6) is -0.466. The Kier molecular flexibility index (Phi) is 3.18. The molecule has 1 aromatic heterocycles. The van der Waals surface area contributed by atoms with Gasteiger partial charge in [0.05, 0.1) is 5.56 Å². The van der Waals surface area contributed by atoms with Gasteiger partial charge in [-0.15, -0.1) is 0 Å². The van der Waals surface area contributed by atoms with Gasteiger partial charge in [-0.25, -0.2) is 10.1 Å². The predicted molar refractivity (Wildman–Crippen MR) is 55.6 cm³/mol. The summed E-state index contributed by atoms with van der Waals surface area (Å²) in [6, 6.07) is 3.50. The van der Waals surface area contributed by atoms with Gasteiger partial charge >= 0.3 is 16.3 Å². The SMILES string of the molecule is O=S(=O)(Oc1cccc(C(F)(F)F)c1)c1ncn[nH]1. The number of aromatic amines is 1. The first-order valence-electron chi connectivity index (χ1n) is 4.76. The summed E-state index contributed by atoms with van der Waals surface area (Å²) in [5.41, 5.74) is -1.02. The third-order valence-electron chi connectivity index (χ3n) is 2.00. The minimum atomic E-state index is -4.59. The number of nitrogens with one attached hydrogen (secondary N) is 1. The molecule has 0 radical (unpaired) electrons. The lowest BCUT2D eigenvalue weighted by molar-refractivity contribution is -0.137. The maximum Gasteiger partial charge on any atom is 0.416 e. The summed E-state index contributed by atoms with van der Waals surface area (Å²) < 4.78 is 65.0. The van der Waals surface area contributed by atoms with Crippen molar-refractivity contribution < 1.29 is 25.8 Å². The van der Waals surface area contributed by atoms with Crippen LogP contribution in [0.3, 0.4) is 0 Å². The number of benzene rings is 1. The highest BCUT2D eigenvalue weighted by Gasteiger charge is 2.31. The van der Waals surface area contributed by atoms with Crippen LogP contribution in [0.25, 0.3) is 0 Å². The summed E-state index contributed by atoms with van der Waals surface area (Å²) in [4.78, 5) is 3.35. The number of hydrogen-bond donors (Lipinski definition) is 1. The van der Waals surface area contributed by atoms with Gasteiger partial charge in [-0.1, -0.05) is 6.07 Å². The van der Waals surface area contributed by atoms with E-state index >= 15 is 0 Å². The fourth-order valence-corrected chi connectivity index (χ4v) is 1.98. The van der Waals surface area contributed by atoms with Gasteiger partial charge in [0, 0.05) is 0 Å². The van der Waals surface area contributed by atoms with Crippen molar-refractivity contribution in [3.8, 4) is 5.75 Å². The quantitative estimate of drug-likeness (QED) is 0.869. The first kappa shape index (κ1) is 13.3. The molecule has 0 amide bonds. The number of aromatic nitrogens is 3. The van der Waals surface area contributed by atoms with E-state index in [2.05, 4.69) is 14.3 Å². The lowest BCUT2D eigenvalue weighted by Crippen LogP contribution is -2.12. The van der Waals surface area contributed by atoms with E-state index in [4.69, 9.17) is 0 Å². The van der Waals surface area contributed by atoms with Crippen molar-refractivity contribution >= 4 is 10.1 Å². The molecule has 1 aromatic carbocycles. The van der Waals surface area contributed by atoms with Crippen LogP contribution in [0.15, 0.2) is 35.7 Å². The van der Waals surface area contributed by atoms with Crippen LogP contribution in [-0.4, -0.2) is 23.6 Å². The smallest absolute Gasteiger partial charge is 0.377 e. The number of halogens is 3. The monoisotopic (exact) mass is 293 g/mol. The number of nitrogens with zero attached hydrogens (tertiary/aromatic N) is 2. The van der Waals surface area contributed by atoms with E-state index in [1.807, 2.05) is 5.10 Å². The number of H-pyrrole nitrogens is 1. The molecule has 0 atom stereocenters. The second-order valence-corrected chi connectivity index (χ2v) is 4.82. The number of hydrogen-bond acceptors (Lipinski definition) is 5. The third kappa shape index (κ3) is 3.02. The van der Waals surface area contributed by atoms with Crippen LogP contribution in [0, 0.1) is 0 Å². The topological polar surface area (TPSA) is 84.9 Å². The van der Waals surface area contributed by atoms with Gasteiger partial charge in [0.15, 0.2) is 0 Å². The zero-order valence-corrected chi connectivity index (χ0v) is 9.86. The Morgan fingerprint density at radius 2 is 2.00 bits per heavy atom. The molecule has 2 rings (SSSR count). The van der Waals surface area contributed by atoms with Crippen LogP contribution in [0.5, 0.6) is 5.75 Å². The minimum Gasteiger partial charge on any atom is -0.377 e. The second kappa shape index (κ2) is 4.53. The largest absolute Gasteiger partial charge is 0.416 e. The second-order valence-electron chi connectivity index (χ2n) is 3.35. The molecular formula is C9H6F3N3O3S. The molecule has 0 saturated carbocycles. The van der Waals surface area contributed by atoms with E-state index in [1.165, 1.54) is 0 Å². The Morgan fingerprint density at radius 3 is 2.58 bits per heavy atom. The van der Waals surface area contributed by atoms with Crippen LogP contribution < -0.4 is 4.18 Å². The van der Waals surface area contributed by atoms with Gasteiger partial charge < -0.3 is 4.18 Å². The zero-order chi connectivity index (χ0) is 14.1. The van der Waals surface area contributed by atoms with Crippen LogP contribution in [0.4, 0.5) is 13.2 Å². The molecule has 10 heteroatoms. The molecule has 6 nitrogen and oxygen atoms in total. The standard InChI is InChI=1S/C9H6F3N3O3S/c10-9(11,12)6-2-1-3-7(4-6)18-19(16,17)8-13-5-14-15-8/h1-5H,(H,13,14,15). The molecule has 1 heterocycles. The molecule has 0 spiro atoms. The van der Waals surface area contributed by atoms with Crippen LogP contribution >= 0.6 is 0 Å². The van der Waals surface area contributed by atoms with Crippen LogP contribution in [-0.2, 0) is 16.3 Å². The highest BCUT2D eigenvalue weighted by molar-refractivity contribution is 7.86. The molecule has 0 saturated heterocycles. The molecule has 2 aromatic rings. The highest BCUT2D eigenvalue weighted by atomic mass is 32.2. The van der Waals surface area contributed by atoms with Crippen molar-refractivity contribution in [2.75, 3.05) is 0 Å². The Bertz CT molecular complexity index is 668. The van der Waals surface area contributed by atoms with Crippen LogP contribution in [0.2, 0.25) is 0 Å². The van der Waals surface area contributed by atoms with Gasteiger partial charge in [0.1, 0.15) is 12.1 Å². The summed E-state index contributed by atoms with van der Waals surface area (Å²) in [5, 5.41) is 4.77. The van der Waals surface area contributed by atoms with Crippen molar-refractivity contribution in [2.24, 2.45) is 0 Å². The maximum absolute atomic E-state index is 12.4. The Balaban J connectivity index is 2.30. The third-order valence-corrected chi connectivity index (χ3v) is 3.08. The molecule has 19 heavy (non-hydrogen) atoms. The molecule has 0 aliphatic heterocycles. The lowest BCUT2D eigenvalue weighted by atomic mass is 10.2. The van der Waals surface area contributed by atoms with E-state index in [-0.39, 0.29) is 0 Å². The Morgan fingerprint density at radius 1 is 1.26 bits per heavy atom. The summed E-state index contributed by atoms with van der Waals surface area (Å²) in [6.45, 7) is 0. The van der Waals surface area contributed by atoms with E-state index in [0.29, 0.717) is 6.07 Å². The normalized spacial score (nSPS) is 12.4. The van der Waals surface area contributed by atoms with Crippen molar-refractivity contribution in [3.63, 3.8) is 0 Å².